The van der Waals surface area contributed by atoms with E-state index in [1.807, 2.05) is 0 Å². The van der Waals surface area contributed by atoms with Crippen molar-refractivity contribution in [3.63, 3.8) is 0 Å². The van der Waals surface area contributed by atoms with Crippen molar-refractivity contribution in [2.75, 3.05) is 0 Å². The highest BCUT2D eigenvalue weighted by Gasteiger charge is 2.34. The molecule has 1 heterocycles. The lowest BCUT2D eigenvalue weighted by Crippen LogP contribution is -2.19. The fourth-order valence-corrected chi connectivity index (χ4v) is 2.67. The number of halogens is 1. The zero-order valence-corrected chi connectivity index (χ0v) is 10.5. The molecule has 0 aliphatic heterocycles. The van der Waals surface area contributed by atoms with Gasteiger partial charge in [-0.1, -0.05) is 23.7 Å². The molecule has 5 nitrogen and oxygen atoms in total. The highest BCUT2D eigenvalue weighted by atomic mass is 35.5. The molecule has 1 aromatic carbocycles. The van der Waals surface area contributed by atoms with Crippen molar-refractivity contribution in [2.24, 2.45) is 0 Å². The number of aromatic nitrogens is 2. The van der Waals surface area contributed by atoms with Crippen molar-refractivity contribution in [3.05, 3.63) is 52.6 Å². The molecular formula is C13H9ClN2O3. The molecular weight excluding hydrogens is 268 g/mol. The molecule has 3 rings (SSSR count). The second kappa shape index (κ2) is 4.20. The van der Waals surface area contributed by atoms with Crippen LogP contribution in [0.3, 0.4) is 0 Å². The van der Waals surface area contributed by atoms with Gasteiger partial charge in [0.25, 0.3) is 0 Å². The van der Waals surface area contributed by atoms with Crippen LogP contribution in [0.5, 0.6) is 0 Å². The molecule has 0 saturated heterocycles. The minimum atomic E-state index is -1.15. The van der Waals surface area contributed by atoms with E-state index in [1.165, 1.54) is 17.0 Å². The molecule has 0 saturated carbocycles. The van der Waals surface area contributed by atoms with Gasteiger partial charge in [-0.05, 0) is 11.6 Å². The normalized spacial score (nSPS) is 17.5. The highest BCUT2D eigenvalue weighted by molar-refractivity contribution is 6.32. The Morgan fingerprint density at radius 2 is 2.26 bits per heavy atom. The Morgan fingerprint density at radius 3 is 2.95 bits per heavy atom. The number of aromatic carboxylic acids is 1. The summed E-state index contributed by atoms with van der Waals surface area (Å²) in [5.74, 6) is -1.42. The van der Waals surface area contributed by atoms with Crippen LogP contribution in [0.2, 0.25) is 5.02 Å². The molecule has 19 heavy (non-hydrogen) atoms. The Bertz CT molecular complexity index is 693. The quantitative estimate of drug-likeness (QED) is 0.913. The number of carboxylic acid groups (broad SMARTS) is 1. The van der Waals surface area contributed by atoms with Gasteiger partial charge in [0.1, 0.15) is 6.04 Å². The summed E-state index contributed by atoms with van der Waals surface area (Å²) >= 11 is 6.07. The number of nitrogens with zero attached hydrogens (tertiary/aromatic N) is 2. The van der Waals surface area contributed by atoms with Crippen molar-refractivity contribution in [2.45, 2.75) is 12.5 Å². The van der Waals surface area contributed by atoms with Crippen molar-refractivity contribution < 1.29 is 14.7 Å². The predicted octanol–water partition coefficient (Wildman–Crippen LogP) is 2.21. The molecule has 0 amide bonds. The SMILES string of the molecule is O=C(O)c1nccn1C1Cc2c(Cl)cccc2C1=O. The number of carbonyl (C=O) groups excluding carboxylic acids is 1. The summed E-state index contributed by atoms with van der Waals surface area (Å²) in [4.78, 5) is 27.1. The van der Waals surface area contributed by atoms with Gasteiger partial charge in [0.2, 0.25) is 5.82 Å². The van der Waals surface area contributed by atoms with E-state index in [0.29, 0.717) is 17.0 Å². The number of fused-ring (bicyclic) bond motifs is 1. The molecule has 96 valence electrons. The molecule has 1 atom stereocenters. The first-order valence-electron chi connectivity index (χ1n) is 5.67. The fourth-order valence-electron chi connectivity index (χ4n) is 2.42. The maximum absolute atomic E-state index is 12.3. The molecule has 0 bridgehead atoms. The first-order chi connectivity index (χ1) is 9.09. The lowest BCUT2D eigenvalue weighted by atomic mass is 10.1. The van der Waals surface area contributed by atoms with Crippen LogP contribution in [0, 0.1) is 0 Å². The maximum atomic E-state index is 12.3. The van der Waals surface area contributed by atoms with Crippen LogP contribution >= 0.6 is 11.6 Å². The average Bonchev–Trinajstić information content (AvgIpc) is 2.95. The molecule has 1 aliphatic rings. The summed E-state index contributed by atoms with van der Waals surface area (Å²) in [6.07, 6.45) is 3.28. The number of ketones is 1. The Balaban J connectivity index is 2.07. The van der Waals surface area contributed by atoms with Crippen LogP contribution in [-0.2, 0) is 6.42 Å². The van der Waals surface area contributed by atoms with Crippen LogP contribution in [0.4, 0.5) is 0 Å². The van der Waals surface area contributed by atoms with Crippen LogP contribution in [0.1, 0.15) is 32.6 Å². The summed E-state index contributed by atoms with van der Waals surface area (Å²) in [7, 11) is 0. The van der Waals surface area contributed by atoms with E-state index in [4.69, 9.17) is 16.7 Å². The number of hydrogen-bond donors (Lipinski definition) is 1. The lowest BCUT2D eigenvalue weighted by Gasteiger charge is -2.11. The van der Waals surface area contributed by atoms with E-state index in [9.17, 15) is 9.59 Å². The van der Waals surface area contributed by atoms with Crippen molar-refractivity contribution in [1.82, 2.24) is 9.55 Å². The second-order valence-electron chi connectivity index (χ2n) is 4.31. The standard InChI is InChI=1S/C13H9ClN2O3/c14-9-3-1-2-7-8(9)6-10(11(7)17)16-5-4-15-12(16)13(18)19/h1-5,10H,6H2,(H,18,19). The lowest BCUT2D eigenvalue weighted by molar-refractivity contribution is 0.0675. The fraction of sp³-hybridized carbons (Fsp3) is 0.154. The zero-order chi connectivity index (χ0) is 13.6. The van der Waals surface area contributed by atoms with Gasteiger partial charge in [-0.3, -0.25) is 4.79 Å². The molecule has 1 aliphatic carbocycles. The molecule has 1 N–H and O–H groups in total. The summed E-state index contributed by atoms with van der Waals surface area (Å²) in [5, 5.41) is 9.58. The number of imidazole rings is 1. The van der Waals surface area contributed by atoms with E-state index < -0.39 is 12.0 Å². The van der Waals surface area contributed by atoms with Gasteiger partial charge in [0.15, 0.2) is 5.78 Å². The van der Waals surface area contributed by atoms with E-state index >= 15 is 0 Å². The predicted molar refractivity (Wildman–Crippen MR) is 67.7 cm³/mol. The summed E-state index contributed by atoms with van der Waals surface area (Å²) in [6.45, 7) is 0. The van der Waals surface area contributed by atoms with Crippen molar-refractivity contribution >= 4 is 23.4 Å². The van der Waals surface area contributed by atoms with E-state index in [0.717, 1.165) is 5.56 Å². The number of Topliss-reactive ketones (excluding diaryl/α,β-unsaturated/α-hetero) is 1. The van der Waals surface area contributed by atoms with Gasteiger partial charge in [0.05, 0.1) is 0 Å². The number of carbonyl (C=O) groups is 2. The van der Waals surface area contributed by atoms with Gasteiger partial charge in [-0.25, -0.2) is 9.78 Å². The topological polar surface area (TPSA) is 72.2 Å². The average molecular weight is 277 g/mol. The Morgan fingerprint density at radius 1 is 1.47 bits per heavy atom. The monoisotopic (exact) mass is 276 g/mol. The minimum absolute atomic E-state index is 0.127. The van der Waals surface area contributed by atoms with Crippen molar-refractivity contribution in [3.8, 4) is 0 Å². The van der Waals surface area contributed by atoms with Gasteiger partial charge < -0.3 is 9.67 Å². The highest BCUT2D eigenvalue weighted by Crippen LogP contribution is 2.35. The third-order valence-corrected chi connectivity index (χ3v) is 3.63. The van der Waals surface area contributed by atoms with Gasteiger partial charge >= 0.3 is 5.97 Å². The third-order valence-electron chi connectivity index (χ3n) is 3.28. The molecule has 2 aromatic rings. The van der Waals surface area contributed by atoms with E-state index in [-0.39, 0.29) is 11.6 Å². The second-order valence-corrected chi connectivity index (χ2v) is 4.72. The third kappa shape index (κ3) is 1.74. The van der Waals surface area contributed by atoms with Gasteiger partial charge in [-0.15, -0.1) is 0 Å². The van der Waals surface area contributed by atoms with E-state index in [2.05, 4.69) is 4.98 Å². The summed E-state index contributed by atoms with van der Waals surface area (Å²) in [5.41, 5.74) is 1.33. The number of carboxylic acids is 1. The largest absolute Gasteiger partial charge is 0.475 e. The van der Waals surface area contributed by atoms with Crippen LogP contribution < -0.4 is 0 Å². The Labute approximate surface area is 113 Å². The summed E-state index contributed by atoms with van der Waals surface area (Å²) < 4.78 is 1.39. The summed E-state index contributed by atoms with van der Waals surface area (Å²) in [6, 6.07) is 4.57. The van der Waals surface area contributed by atoms with Gasteiger partial charge in [0, 0.05) is 29.4 Å². The first kappa shape index (κ1) is 11.9. The number of rotatable bonds is 2. The van der Waals surface area contributed by atoms with E-state index in [1.54, 1.807) is 18.2 Å². The Kier molecular flexibility index (Phi) is 2.64. The molecule has 0 fully saturated rings. The van der Waals surface area contributed by atoms with Gasteiger partial charge in [-0.2, -0.15) is 0 Å². The Hall–Kier alpha value is -2.14. The van der Waals surface area contributed by atoms with Crippen molar-refractivity contribution in [1.29, 1.82) is 0 Å². The molecule has 1 unspecified atom stereocenters. The number of benzene rings is 1. The van der Waals surface area contributed by atoms with Crippen LogP contribution in [-0.4, -0.2) is 26.4 Å². The molecule has 0 spiro atoms. The zero-order valence-electron chi connectivity index (χ0n) is 9.71. The molecule has 6 heteroatoms. The van der Waals surface area contributed by atoms with Crippen LogP contribution in [0.15, 0.2) is 30.6 Å². The minimum Gasteiger partial charge on any atom is -0.475 e. The van der Waals surface area contributed by atoms with Crippen LogP contribution in [0.25, 0.3) is 0 Å². The number of hydrogen-bond acceptors (Lipinski definition) is 3. The molecule has 1 aromatic heterocycles. The smallest absolute Gasteiger partial charge is 0.372 e. The first-order valence-corrected chi connectivity index (χ1v) is 6.05. The molecule has 0 radical (unpaired) electrons. The maximum Gasteiger partial charge on any atom is 0.372 e.